The van der Waals surface area contributed by atoms with E-state index in [1.807, 2.05) is 6.92 Å². The molecule has 58 heavy (non-hydrogen) atoms. The summed E-state index contributed by atoms with van der Waals surface area (Å²) >= 11 is 0. The summed E-state index contributed by atoms with van der Waals surface area (Å²) in [4.78, 5) is 61.5. The highest BCUT2D eigenvalue weighted by atomic mass is 32.2. The van der Waals surface area contributed by atoms with Crippen molar-refractivity contribution in [3.05, 3.63) is 60.3 Å². The number of ether oxygens (including phenoxy) is 3. The van der Waals surface area contributed by atoms with Gasteiger partial charge in [0, 0.05) is 18.2 Å². The maximum atomic E-state index is 16.2. The van der Waals surface area contributed by atoms with Crippen molar-refractivity contribution >= 4 is 33.8 Å². The predicted molar refractivity (Wildman–Crippen MR) is 209 cm³/mol. The summed E-state index contributed by atoms with van der Waals surface area (Å²) < 4.78 is 77.1. The quantitative estimate of drug-likeness (QED) is 0.322. The number of sulfonamides is 1. The molecule has 5 atom stereocenters. The Bertz CT molecular complexity index is 2070. The molecule has 2 aromatic rings. The van der Waals surface area contributed by atoms with Gasteiger partial charge in [0.15, 0.2) is 0 Å². The van der Waals surface area contributed by atoms with Crippen molar-refractivity contribution in [1.82, 2.24) is 25.2 Å². The summed E-state index contributed by atoms with van der Waals surface area (Å²) in [6.45, 7) is 10.9. The fraction of sp³-hybridized carbons (Fsp3) is 0.585. The molecule has 4 amide bonds. The van der Waals surface area contributed by atoms with Crippen LogP contribution in [-0.2, 0) is 39.8 Å². The minimum absolute atomic E-state index is 0.162. The highest BCUT2D eigenvalue weighted by molar-refractivity contribution is 7.91. The number of alkyl halides is 2. The number of hydrogen-bond donors (Lipinski definition) is 3. The summed E-state index contributed by atoms with van der Waals surface area (Å²) in [5, 5.41) is 5.42. The van der Waals surface area contributed by atoms with Crippen LogP contribution in [-0.4, -0.2) is 95.9 Å². The van der Waals surface area contributed by atoms with E-state index in [-0.39, 0.29) is 32.6 Å². The molecule has 17 heteroatoms. The molecule has 0 spiro atoms. The number of aromatic nitrogens is 1. The predicted octanol–water partition coefficient (Wildman–Crippen LogP) is 4.98. The van der Waals surface area contributed by atoms with E-state index < -0.39 is 96.6 Å². The summed E-state index contributed by atoms with van der Waals surface area (Å²) in [7, 11) is -4.04. The van der Waals surface area contributed by atoms with Crippen molar-refractivity contribution in [2.75, 3.05) is 19.8 Å². The Morgan fingerprint density at radius 1 is 1.07 bits per heavy atom. The molecule has 2 saturated carbocycles. The molecule has 2 aliphatic carbocycles. The molecule has 316 valence electrons. The third kappa shape index (κ3) is 8.99. The van der Waals surface area contributed by atoms with Crippen LogP contribution in [0.15, 0.2) is 54.7 Å². The average Bonchev–Trinajstić information content (AvgIpc) is 4.04. The van der Waals surface area contributed by atoms with E-state index in [1.165, 1.54) is 17.2 Å². The second-order valence-electron chi connectivity index (χ2n) is 17.7. The number of alkyl carbamates (subject to hydrolysis) is 1. The zero-order valence-electron chi connectivity index (χ0n) is 33.9. The molecule has 6 rings (SSSR count). The fourth-order valence-corrected chi connectivity index (χ4v) is 8.63. The molecule has 1 aromatic heterocycles. The number of fused-ring (bicyclic) bond motifs is 3. The van der Waals surface area contributed by atoms with Crippen LogP contribution in [0.25, 0.3) is 11.1 Å². The fourth-order valence-electron chi connectivity index (χ4n) is 7.32. The van der Waals surface area contributed by atoms with Gasteiger partial charge in [-0.1, -0.05) is 70.5 Å². The van der Waals surface area contributed by atoms with E-state index in [9.17, 15) is 27.6 Å². The first-order chi connectivity index (χ1) is 27.0. The average molecular weight is 830 g/mol. The molecule has 4 aliphatic rings. The molecule has 1 aromatic carbocycles. The smallest absolute Gasteiger partial charge is 0.407 e. The van der Waals surface area contributed by atoms with Crippen LogP contribution in [0.1, 0.15) is 86.1 Å². The number of hydrogen-bond acceptors (Lipinski definition) is 10. The third-order valence-electron chi connectivity index (χ3n) is 11.4. The van der Waals surface area contributed by atoms with Crippen molar-refractivity contribution in [3.8, 4) is 17.0 Å². The lowest BCUT2D eigenvalue weighted by molar-refractivity contribution is -0.143. The van der Waals surface area contributed by atoms with Crippen molar-refractivity contribution in [2.24, 2.45) is 11.3 Å². The number of allylic oxidation sites excluding steroid dienone is 1. The number of carbonyl (C=O) groups is 4. The van der Waals surface area contributed by atoms with Gasteiger partial charge < -0.3 is 29.7 Å². The summed E-state index contributed by atoms with van der Waals surface area (Å²) in [6.07, 6.45) is 2.38. The van der Waals surface area contributed by atoms with Gasteiger partial charge in [-0.05, 0) is 69.1 Å². The summed E-state index contributed by atoms with van der Waals surface area (Å²) in [6, 6.07) is 7.53. The van der Waals surface area contributed by atoms with Gasteiger partial charge in [-0.25, -0.2) is 18.2 Å². The zero-order chi connectivity index (χ0) is 42.5. The van der Waals surface area contributed by atoms with Gasteiger partial charge >= 0.3 is 6.09 Å². The molecule has 3 heterocycles. The maximum Gasteiger partial charge on any atom is 0.407 e. The van der Waals surface area contributed by atoms with Crippen LogP contribution >= 0.6 is 0 Å². The Kier molecular flexibility index (Phi) is 11.5. The lowest BCUT2D eigenvalue weighted by atomic mass is 9.85. The van der Waals surface area contributed by atoms with Gasteiger partial charge in [-0.2, -0.15) is 8.78 Å². The van der Waals surface area contributed by atoms with Crippen molar-refractivity contribution < 1.29 is 50.6 Å². The maximum absolute atomic E-state index is 16.2. The van der Waals surface area contributed by atoms with E-state index >= 15 is 8.78 Å². The highest BCUT2D eigenvalue weighted by Crippen LogP contribution is 2.48. The van der Waals surface area contributed by atoms with Gasteiger partial charge in [0.2, 0.25) is 27.7 Å². The van der Waals surface area contributed by atoms with Gasteiger partial charge in [0.05, 0.1) is 29.1 Å². The standard InChI is InChI=1S/C41H53F2N5O9S/c1-8-27-21-40(27,35(51)47-58(53,54)39(7)16-17-39)46-32(49)30-20-28-23-48(30)34(50)31(37(2,3)4)45-36(52)55-24-38(5,6)56-18-12-15-41(42,43)29-19-26(22-44-33(29)57-28)25-13-10-9-11-14-25/h9-15,19,22,27-28,30-31H,8,16-18,20-21,23-24H2,1-7H3,(H,45,52)(H,46,49)(H,47,51)/b15-12+/t27-,28?,30+,31-,40?/m1/s1. The van der Waals surface area contributed by atoms with E-state index in [4.69, 9.17) is 14.2 Å². The Balaban J connectivity index is 1.38. The molecule has 3 fully saturated rings. The number of amides is 4. The summed E-state index contributed by atoms with van der Waals surface area (Å²) in [5.41, 5.74) is -3.15. The first kappa shape index (κ1) is 43.0. The van der Waals surface area contributed by atoms with Crippen LogP contribution in [0.2, 0.25) is 0 Å². The Morgan fingerprint density at radius 3 is 2.38 bits per heavy atom. The largest absolute Gasteiger partial charge is 0.472 e. The lowest BCUT2D eigenvalue weighted by Crippen LogP contribution is -2.60. The number of benzene rings is 1. The minimum Gasteiger partial charge on any atom is -0.472 e. The lowest BCUT2D eigenvalue weighted by Gasteiger charge is -2.35. The molecular weight excluding hydrogens is 777 g/mol. The molecule has 2 bridgehead atoms. The van der Waals surface area contributed by atoms with Gasteiger partial charge in [0.1, 0.15) is 30.3 Å². The molecular formula is C41H53F2N5O9S. The molecule has 0 radical (unpaired) electrons. The minimum atomic E-state index is -4.04. The van der Waals surface area contributed by atoms with Crippen molar-refractivity contribution in [1.29, 1.82) is 0 Å². The van der Waals surface area contributed by atoms with Gasteiger partial charge in [0.25, 0.3) is 11.8 Å². The normalized spacial score (nSPS) is 28.6. The monoisotopic (exact) mass is 829 g/mol. The third-order valence-corrected chi connectivity index (χ3v) is 13.6. The highest BCUT2D eigenvalue weighted by Gasteiger charge is 2.63. The number of pyridine rings is 1. The van der Waals surface area contributed by atoms with Crippen LogP contribution < -0.4 is 20.1 Å². The number of carbonyl (C=O) groups excluding carboxylic acids is 4. The molecule has 3 N–H and O–H groups in total. The van der Waals surface area contributed by atoms with Crippen molar-refractivity contribution in [3.63, 3.8) is 0 Å². The molecule has 1 saturated heterocycles. The van der Waals surface area contributed by atoms with Crippen molar-refractivity contribution in [2.45, 2.75) is 121 Å². The Morgan fingerprint density at radius 2 is 1.76 bits per heavy atom. The van der Waals surface area contributed by atoms with E-state index in [0.29, 0.717) is 36.5 Å². The first-order valence-electron chi connectivity index (χ1n) is 19.6. The summed E-state index contributed by atoms with van der Waals surface area (Å²) in [5.74, 6) is -6.79. The van der Waals surface area contributed by atoms with Crippen LogP contribution in [0, 0.1) is 11.3 Å². The van der Waals surface area contributed by atoms with Gasteiger partial charge in [-0.3, -0.25) is 19.1 Å². The molecule has 14 nitrogen and oxygen atoms in total. The number of rotatable bonds is 7. The Labute approximate surface area is 337 Å². The topological polar surface area (TPSA) is 182 Å². The SMILES string of the molecule is CC[C@@H]1CC1(NC(=O)[C@@H]1CC2CN1C(=O)[C@H](C(C)(C)C)NC(=O)OCC(C)(C)OC/C=C/C(F)(F)c1cc(-c3ccccc3)cnc1O2)C(=O)NS(=O)(=O)C1(C)CC1. The van der Waals surface area contributed by atoms with E-state index in [0.717, 1.165) is 6.08 Å². The molecule has 2 aliphatic heterocycles. The zero-order valence-corrected chi connectivity index (χ0v) is 34.7. The number of halogens is 2. The van der Waals surface area contributed by atoms with Crippen LogP contribution in [0.4, 0.5) is 13.6 Å². The second kappa shape index (κ2) is 15.5. The van der Waals surface area contributed by atoms with Crippen LogP contribution in [0.3, 0.4) is 0 Å². The van der Waals surface area contributed by atoms with E-state index in [1.54, 1.807) is 71.9 Å². The second-order valence-corrected chi connectivity index (χ2v) is 19.9. The number of nitrogens with zero attached hydrogens (tertiary/aromatic N) is 2. The number of cyclic esters (lactones) is 1. The number of nitrogens with one attached hydrogen (secondary N) is 3. The first-order valence-corrected chi connectivity index (χ1v) is 21.0. The van der Waals surface area contributed by atoms with E-state index in [2.05, 4.69) is 20.3 Å². The van der Waals surface area contributed by atoms with Crippen LogP contribution in [0.5, 0.6) is 5.88 Å². The Hall–Kier alpha value is -4.64. The molecule has 2 unspecified atom stereocenters. The van der Waals surface area contributed by atoms with Gasteiger partial charge in [-0.15, -0.1) is 0 Å².